The highest BCUT2D eigenvalue weighted by Gasteiger charge is 2.26. The van der Waals surface area contributed by atoms with E-state index in [2.05, 4.69) is 20.4 Å². The zero-order valence-electron chi connectivity index (χ0n) is 16.4. The van der Waals surface area contributed by atoms with Crippen LogP contribution in [0.3, 0.4) is 0 Å². The minimum absolute atomic E-state index is 0.0218. The van der Waals surface area contributed by atoms with Gasteiger partial charge in [-0.3, -0.25) is 9.69 Å². The molecule has 0 unspecified atom stereocenters. The van der Waals surface area contributed by atoms with Gasteiger partial charge in [0.05, 0.1) is 6.54 Å². The molecule has 1 N–H and O–H groups in total. The highest BCUT2D eigenvalue weighted by molar-refractivity contribution is 6.30. The van der Waals surface area contributed by atoms with E-state index >= 15 is 0 Å². The van der Waals surface area contributed by atoms with Crippen LogP contribution in [0, 0.1) is 11.7 Å². The Balaban J connectivity index is 1.24. The molecule has 0 saturated carbocycles. The van der Waals surface area contributed by atoms with E-state index in [1.807, 2.05) is 12.1 Å². The van der Waals surface area contributed by atoms with E-state index in [1.54, 1.807) is 24.3 Å². The van der Waals surface area contributed by atoms with Crippen molar-refractivity contribution < 1.29 is 13.7 Å². The molecule has 1 fully saturated rings. The first-order valence-electron chi connectivity index (χ1n) is 9.90. The fourth-order valence-electron chi connectivity index (χ4n) is 3.54. The van der Waals surface area contributed by atoms with Crippen molar-refractivity contribution in [2.24, 2.45) is 5.92 Å². The van der Waals surface area contributed by atoms with Crippen LogP contribution in [0.1, 0.15) is 24.3 Å². The van der Waals surface area contributed by atoms with Crippen LogP contribution in [0.25, 0.3) is 11.4 Å². The number of piperidine rings is 1. The fourth-order valence-corrected chi connectivity index (χ4v) is 3.73. The van der Waals surface area contributed by atoms with Crippen molar-refractivity contribution in [3.63, 3.8) is 0 Å². The summed E-state index contributed by atoms with van der Waals surface area (Å²) in [5.41, 5.74) is 1.70. The maximum atomic E-state index is 13.0. The molecule has 1 aliphatic rings. The Morgan fingerprint density at radius 2 is 1.97 bits per heavy atom. The number of aromatic nitrogens is 2. The molecule has 6 nitrogen and oxygen atoms in total. The average Bonchev–Trinajstić information content (AvgIpc) is 3.22. The molecular formula is C22H22ClFN4O2. The van der Waals surface area contributed by atoms with E-state index in [9.17, 15) is 9.18 Å². The van der Waals surface area contributed by atoms with Crippen molar-refractivity contribution in [2.75, 3.05) is 13.1 Å². The Labute approximate surface area is 179 Å². The largest absolute Gasteiger partial charge is 0.352 e. The molecule has 0 aliphatic carbocycles. The molecule has 1 saturated heterocycles. The summed E-state index contributed by atoms with van der Waals surface area (Å²) in [7, 11) is 0. The van der Waals surface area contributed by atoms with Crippen molar-refractivity contribution in [2.45, 2.75) is 25.9 Å². The van der Waals surface area contributed by atoms with Crippen molar-refractivity contribution in [1.82, 2.24) is 20.4 Å². The molecule has 156 valence electrons. The van der Waals surface area contributed by atoms with Crippen LogP contribution in [-0.2, 0) is 17.9 Å². The first kappa shape index (κ1) is 20.5. The fraction of sp³-hybridized carbons (Fsp3) is 0.318. The van der Waals surface area contributed by atoms with Crippen LogP contribution < -0.4 is 5.32 Å². The lowest BCUT2D eigenvalue weighted by Gasteiger charge is -2.30. The lowest BCUT2D eigenvalue weighted by atomic mass is 9.96. The Kier molecular flexibility index (Phi) is 6.40. The number of nitrogens with one attached hydrogen (secondary N) is 1. The summed E-state index contributed by atoms with van der Waals surface area (Å²) < 4.78 is 18.3. The summed E-state index contributed by atoms with van der Waals surface area (Å²) >= 11 is 6.02. The summed E-state index contributed by atoms with van der Waals surface area (Å²) in [5, 5.41) is 7.61. The summed E-state index contributed by atoms with van der Waals surface area (Å²) in [6, 6.07) is 13.5. The molecule has 4 rings (SSSR count). The van der Waals surface area contributed by atoms with Crippen molar-refractivity contribution in [3.05, 3.63) is 70.8 Å². The van der Waals surface area contributed by atoms with E-state index in [1.165, 1.54) is 12.1 Å². The topological polar surface area (TPSA) is 71.3 Å². The van der Waals surface area contributed by atoms with Gasteiger partial charge in [-0.05, 0) is 55.8 Å². The van der Waals surface area contributed by atoms with E-state index in [4.69, 9.17) is 16.1 Å². The predicted octanol–water partition coefficient (Wildman–Crippen LogP) is 4.06. The van der Waals surface area contributed by atoms with Gasteiger partial charge in [0.25, 0.3) is 0 Å². The van der Waals surface area contributed by atoms with Gasteiger partial charge in [0, 0.05) is 23.0 Å². The highest BCUT2D eigenvalue weighted by atomic mass is 35.5. The van der Waals surface area contributed by atoms with Crippen LogP contribution in [0.2, 0.25) is 5.02 Å². The van der Waals surface area contributed by atoms with E-state index in [-0.39, 0.29) is 17.6 Å². The van der Waals surface area contributed by atoms with Crippen molar-refractivity contribution in [1.29, 1.82) is 0 Å². The molecule has 1 aliphatic heterocycles. The molecule has 0 bridgehead atoms. The minimum Gasteiger partial charge on any atom is -0.352 e. The van der Waals surface area contributed by atoms with Gasteiger partial charge in [-0.15, -0.1) is 0 Å². The molecule has 2 heterocycles. The van der Waals surface area contributed by atoms with Crippen molar-refractivity contribution in [3.8, 4) is 11.4 Å². The van der Waals surface area contributed by atoms with Gasteiger partial charge in [0.15, 0.2) is 0 Å². The van der Waals surface area contributed by atoms with Crippen LogP contribution >= 0.6 is 11.6 Å². The standard InChI is InChI=1S/C22H22ClFN4O2/c23-18-3-1-2-17(12-18)21-26-20(30-27-21)14-28-10-8-16(9-11-28)22(29)25-13-15-4-6-19(24)7-5-15/h1-7,12,16H,8-11,13-14H2,(H,25,29). The zero-order valence-corrected chi connectivity index (χ0v) is 17.1. The number of nitrogens with zero attached hydrogens (tertiary/aromatic N) is 3. The lowest BCUT2D eigenvalue weighted by molar-refractivity contribution is -0.126. The monoisotopic (exact) mass is 428 g/mol. The summed E-state index contributed by atoms with van der Waals surface area (Å²) in [6.07, 6.45) is 1.54. The SMILES string of the molecule is O=C(NCc1ccc(F)cc1)C1CCN(Cc2nc(-c3cccc(Cl)c3)no2)CC1. The second-order valence-corrected chi connectivity index (χ2v) is 7.85. The molecule has 0 spiro atoms. The molecular weight excluding hydrogens is 407 g/mol. The Bertz CT molecular complexity index is 1000. The Hall–Kier alpha value is -2.77. The molecule has 1 amide bonds. The van der Waals surface area contributed by atoms with Crippen LogP contribution in [0.5, 0.6) is 0 Å². The Morgan fingerprint density at radius 3 is 2.70 bits per heavy atom. The summed E-state index contributed by atoms with van der Waals surface area (Å²) in [6.45, 7) is 2.53. The number of hydrogen-bond acceptors (Lipinski definition) is 5. The number of benzene rings is 2. The smallest absolute Gasteiger partial charge is 0.241 e. The molecule has 30 heavy (non-hydrogen) atoms. The zero-order chi connectivity index (χ0) is 20.9. The average molecular weight is 429 g/mol. The number of hydrogen-bond donors (Lipinski definition) is 1. The Morgan fingerprint density at radius 1 is 1.20 bits per heavy atom. The van der Waals surface area contributed by atoms with E-state index in [0.717, 1.165) is 37.1 Å². The predicted molar refractivity (Wildman–Crippen MR) is 111 cm³/mol. The molecule has 0 atom stereocenters. The third kappa shape index (κ3) is 5.23. The quantitative estimate of drug-likeness (QED) is 0.641. The maximum absolute atomic E-state index is 13.0. The van der Waals surface area contributed by atoms with Gasteiger partial charge in [0.2, 0.25) is 17.6 Å². The van der Waals surface area contributed by atoms with Gasteiger partial charge in [-0.1, -0.05) is 41.0 Å². The lowest BCUT2D eigenvalue weighted by Crippen LogP contribution is -2.40. The number of carbonyl (C=O) groups is 1. The second-order valence-electron chi connectivity index (χ2n) is 7.42. The van der Waals surface area contributed by atoms with Crippen LogP contribution in [0.4, 0.5) is 4.39 Å². The van der Waals surface area contributed by atoms with Gasteiger partial charge in [-0.2, -0.15) is 4.98 Å². The highest BCUT2D eigenvalue weighted by Crippen LogP contribution is 2.22. The number of halogens is 2. The van der Waals surface area contributed by atoms with E-state index in [0.29, 0.717) is 29.8 Å². The maximum Gasteiger partial charge on any atom is 0.241 e. The molecule has 2 aromatic carbocycles. The first-order chi connectivity index (χ1) is 14.6. The van der Waals surface area contributed by atoms with Crippen molar-refractivity contribution >= 4 is 17.5 Å². The number of carbonyl (C=O) groups excluding carboxylic acids is 1. The molecule has 3 aromatic rings. The number of likely N-dealkylation sites (tertiary alicyclic amines) is 1. The molecule has 0 radical (unpaired) electrons. The van der Waals surface area contributed by atoms with E-state index < -0.39 is 0 Å². The summed E-state index contributed by atoms with van der Waals surface area (Å²) in [4.78, 5) is 19.1. The molecule has 8 heteroatoms. The minimum atomic E-state index is -0.279. The third-order valence-corrected chi connectivity index (χ3v) is 5.48. The second kappa shape index (κ2) is 9.36. The molecule has 1 aromatic heterocycles. The van der Waals surface area contributed by atoms with Crippen LogP contribution in [-0.4, -0.2) is 34.0 Å². The number of rotatable bonds is 6. The van der Waals surface area contributed by atoms with Gasteiger partial charge < -0.3 is 9.84 Å². The van der Waals surface area contributed by atoms with Gasteiger partial charge >= 0.3 is 0 Å². The van der Waals surface area contributed by atoms with Crippen LogP contribution in [0.15, 0.2) is 53.1 Å². The summed E-state index contributed by atoms with van der Waals surface area (Å²) in [5.74, 6) is 0.802. The first-order valence-corrected chi connectivity index (χ1v) is 10.3. The third-order valence-electron chi connectivity index (χ3n) is 5.25. The normalized spacial score (nSPS) is 15.3. The van der Waals surface area contributed by atoms with Gasteiger partial charge in [0.1, 0.15) is 5.82 Å². The van der Waals surface area contributed by atoms with Gasteiger partial charge in [-0.25, -0.2) is 4.39 Å². The number of amides is 1.